The van der Waals surface area contributed by atoms with Gasteiger partial charge in [0.2, 0.25) is 0 Å². The van der Waals surface area contributed by atoms with Crippen LogP contribution in [-0.4, -0.2) is 51.0 Å². The van der Waals surface area contributed by atoms with Crippen molar-refractivity contribution < 1.29 is 33.6 Å². The second kappa shape index (κ2) is 7.66. The standard InChI is InChI=1S/C25H16N2O7/c1-11(2)20(29)26-22(31)15-7-5-13(9-17(15)24(26)33)19(28)14-6-8-16-18(10-14)25(34)27(23(16)32)21(30)12(3)4/h5-10H,1,3H2,2,4H3. The summed E-state index contributed by atoms with van der Waals surface area (Å²) < 4.78 is 0. The Hall–Kier alpha value is -4.79. The van der Waals surface area contributed by atoms with E-state index in [1.165, 1.54) is 50.2 Å². The molecule has 0 bridgehead atoms. The minimum Gasteiger partial charge on any atom is -0.289 e. The van der Waals surface area contributed by atoms with Gasteiger partial charge in [-0.3, -0.25) is 33.6 Å². The fourth-order valence-corrected chi connectivity index (χ4v) is 3.68. The number of hydrogen-bond donors (Lipinski definition) is 0. The zero-order valence-electron chi connectivity index (χ0n) is 18.1. The van der Waals surface area contributed by atoms with Crippen LogP contribution in [0.25, 0.3) is 0 Å². The lowest BCUT2D eigenvalue weighted by Gasteiger charge is -2.10. The summed E-state index contributed by atoms with van der Waals surface area (Å²) in [5.41, 5.74) is -0.233. The molecule has 2 aliphatic rings. The predicted molar refractivity (Wildman–Crippen MR) is 117 cm³/mol. The van der Waals surface area contributed by atoms with Crippen molar-refractivity contribution in [3.05, 3.63) is 94.1 Å². The summed E-state index contributed by atoms with van der Waals surface area (Å²) in [5, 5.41) is 0. The average Bonchev–Trinajstić information content (AvgIpc) is 3.20. The fourth-order valence-electron chi connectivity index (χ4n) is 3.68. The van der Waals surface area contributed by atoms with Gasteiger partial charge in [-0.15, -0.1) is 0 Å². The lowest BCUT2D eigenvalue weighted by Crippen LogP contribution is -2.36. The van der Waals surface area contributed by atoms with Gasteiger partial charge >= 0.3 is 0 Å². The Balaban J connectivity index is 1.69. The van der Waals surface area contributed by atoms with Gasteiger partial charge in [0.15, 0.2) is 5.78 Å². The Kier molecular flexibility index (Phi) is 5.05. The van der Waals surface area contributed by atoms with Crippen LogP contribution in [0.3, 0.4) is 0 Å². The molecule has 4 rings (SSSR count). The molecule has 34 heavy (non-hydrogen) atoms. The molecule has 0 N–H and O–H groups in total. The van der Waals surface area contributed by atoms with Crippen LogP contribution < -0.4 is 0 Å². The summed E-state index contributed by atoms with van der Waals surface area (Å²) in [7, 11) is 0. The van der Waals surface area contributed by atoms with Crippen LogP contribution in [0.15, 0.2) is 60.7 Å². The van der Waals surface area contributed by atoms with E-state index in [1.54, 1.807) is 0 Å². The molecule has 0 spiro atoms. The number of hydrogen-bond acceptors (Lipinski definition) is 7. The zero-order valence-corrected chi connectivity index (χ0v) is 18.1. The number of imide groups is 6. The average molecular weight is 456 g/mol. The smallest absolute Gasteiger partial charge is 0.268 e. The van der Waals surface area contributed by atoms with E-state index in [2.05, 4.69) is 13.2 Å². The van der Waals surface area contributed by atoms with E-state index in [0.717, 1.165) is 0 Å². The van der Waals surface area contributed by atoms with Crippen molar-refractivity contribution in [2.75, 3.05) is 0 Å². The predicted octanol–water partition coefficient (Wildman–Crippen LogP) is 2.32. The van der Waals surface area contributed by atoms with E-state index in [1.807, 2.05) is 0 Å². The van der Waals surface area contributed by atoms with Crippen LogP contribution in [0.5, 0.6) is 0 Å². The summed E-state index contributed by atoms with van der Waals surface area (Å²) in [6, 6.07) is 7.56. The molecular formula is C25H16N2O7. The zero-order chi connectivity index (χ0) is 25.1. The van der Waals surface area contributed by atoms with Gasteiger partial charge in [-0.25, -0.2) is 9.80 Å². The Morgan fingerprint density at radius 3 is 1.24 bits per heavy atom. The largest absolute Gasteiger partial charge is 0.289 e. The Labute approximate surface area is 192 Å². The van der Waals surface area contributed by atoms with Gasteiger partial charge in [-0.2, -0.15) is 0 Å². The minimum absolute atomic E-state index is 0.00216. The lowest BCUT2D eigenvalue weighted by molar-refractivity contribution is -0.123. The molecule has 0 radical (unpaired) electrons. The SMILES string of the molecule is C=C(C)C(=O)N1C(=O)c2ccc(C(=O)c3ccc4c(c3)C(=O)N(C(=O)C(=C)C)C4=O)cc2C1=O. The third-order valence-corrected chi connectivity index (χ3v) is 5.43. The molecule has 9 heteroatoms. The maximum atomic E-state index is 13.1. The summed E-state index contributed by atoms with van der Waals surface area (Å²) >= 11 is 0. The third-order valence-electron chi connectivity index (χ3n) is 5.43. The highest BCUT2D eigenvalue weighted by atomic mass is 16.2. The quantitative estimate of drug-likeness (QED) is 0.393. The Morgan fingerprint density at radius 2 is 0.912 bits per heavy atom. The molecule has 6 amide bonds. The molecule has 0 atom stereocenters. The van der Waals surface area contributed by atoms with Crippen LogP contribution in [0, 0.1) is 0 Å². The number of rotatable bonds is 4. The first-order chi connectivity index (χ1) is 16.0. The highest BCUT2D eigenvalue weighted by Crippen LogP contribution is 2.28. The van der Waals surface area contributed by atoms with E-state index in [-0.39, 0.29) is 44.5 Å². The molecule has 2 aliphatic heterocycles. The molecule has 2 heterocycles. The fraction of sp³-hybridized carbons (Fsp3) is 0.0800. The maximum absolute atomic E-state index is 13.1. The van der Waals surface area contributed by atoms with Gasteiger partial charge in [0.1, 0.15) is 0 Å². The number of carbonyl (C=O) groups is 7. The highest BCUT2D eigenvalue weighted by Gasteiger charge is 2.42. The third kappa shape index (κ3) is 3.14. The van der Waals surface area contributed by atoms with Crippen molar-refractivity contribution in [2.24, 2.45) is 0 Å². The summed E-state index contributed by atoms with van der Waals surface area (Å²) in [4.78, 5) is 88.7. The molecule has 2 aromatic carbocycles. The van der Waals surface area contributed by atoms with Crippen molar-refractivity contribution in [1.82, 2.24) is 9.80 Å². The molecule has 2 aromatic rings. The van der Waals surface area contributed by atoms with E-state index in [9.17, 15) is 33.6 Å². The number of ketones is 1. The van der Waals surface area contributed by atoms with Crippen LogP contribution in [0.4, 0.5) is 0 Å². The number of carbonyl (C=O) groups excluding carboxylic acids is 7. The van der Waals surface area contributed by atoms with Crippen molar-refractivity contribution in [2.45, 2.75) is 13.8 Å². The van der Waals surface area contributed by atoms with E-state index in [4.69, 9.17) is 0 Å². The van der Waals surface area contributed by atoms with Gasteiger partial charge in [-0.05, 0) is 38.1 Å². The monoisotopic (exact) mass is 456 g/mol. The van der Waals surface area contributed by atoms with E-state index < -0.39 is 41.2 Å². The van der Waals surface area contributed by atoms with Gasteiger partial charge in [0.25, 0.3) is 35.4 Å². The summed E-state index contributed by atoms with van der Waals surface area (Å²) in [6.07, 6.45) is 0. The number of benzene rings is 2. The summed E-state index contributed by atoms with van der Waals surface area (Å²) in [5.74, 6) is -5.63. The van der Waals surface area contributed by atoms with E-state index in [0.29, 0.717) is 9.80 Å². The van der Waals surface area contributed by atoms with Gasteiger partial charge < -0.3 is 0 Å². The molecule has 0 aliphatic carbocycles. The van der Waals surface area contributed by atoms with Crippen molar-refractivity contribution in [1.29, 1.82) is 0 Å². The number of nitrogens with zero attached hydrogens (tertiary/aromatic N) is 2. The molecule has 0 fully saturated rings. The second-order valence-electron chi connectivity index (χ2n) is 7.91. The van der Waals surface area contributed by atoms with Crippen LogP contribution in [-0.2, 0) is 9.59 Å². The number of fused-ring (bicyclic) bond motifs is 2. The van der Waals surface area contributed by atoms with Crippen LogP contribution >= 0.6 is 0 Å². The molecule has 9 nitrogen and oxygen atoms in total. The second-order valence-corrected chi connectivity index (χ2v) is 7.91. The van der Waals surface area contributed by atoms with Gasteiger partial charge in [0, 0.05) is 22.3 Å². The van der Waals surface area contributed by atoms with Crippen molar-refractivity contribution >= 4 is 41.2 Å². The maximum Gasteiger partial charge on any atom is 0.268 e. The first kappa shape index (κ1) is 22.4. The normalized spacial score (nSPS) is 14.3. The molecule has 0 aromatic heterocycles. The van der Waals surface area contributed by atoms with Crippen molar-refractivity contribution in [3.63, 3.8) is 0 Å². The molecule has 0 saturated carbocycles. The molecule has 0 unspecified atom stereocenters. The van der Waals surface area contributed by atoms with Crippen molar-refractivity contribution in [3.8, 4) is 0 Å². The number of amides is 6. The van der Waals surface area contributed by atoms with Gasteiger partial charge in [0.05, 0.1) is 22.3 Å². The Morgan fingerprint density at radius 1 is 0.588 bits per heavy atom. The molecular weight excluding hydrogens is 440 g/mol. The Bertz CT molecular complexity index is 1340. The topological polar surface area (TPSA) is 126 Å². The highest BCUT2D eigenvalue weighted by molar-refractivity contribution is 6.32. The molecule has 168 valence electrons. The van der Waals surface area contributed by atoms with Crippen LogP contribution in [0.1, 0.15) is 71.2 Å². The van der Waals surface area contributed by atoms with Gasteiger partial charge in [-0.1, -0.05) is 25.3 Å². The minimum atomic E-state index is -0.869. The van der Waals surface area contributed by atoms with Crippen LogP contribution in [0.2, 0.25) is 0 Å². The lowest BCUT2D eigenvalue weighted by atomic mass is 9.96. The molecule has 0 saturated heterocycles. The van der Waals surface area contributed by atoms with E-state index >= 15 is 0 Å². The first-order valence-corrected chi connectivity index (χ1v) is 9.95. The first-order valence-electron chi connectivity index (χ1n) is 9.95. The summed E-state index contributed by atoms with van der Waals surface area (Å²) in [6.45, 7) is 9.64.